The van der Waals surface area contributed by atoms with Gasteiger partial charge in [-0.25, -0.2) is 4.98 Å². The van der Waals surface area contributed by atoms with Crippen molar-refractivity contribution in [3.63, 3.8) is 0 Å². The number of aromatic amines is 1. The summed E-state index contributed by atoms with van der Waals surface area (Å²) >= 11 is 4.99. The number of nitrogens with two attached hydrogens (primary N) is 1. The Morgan fingerprint density at radius 3 is 2.89 bits per heavy atom. The largest absolute Gasteiger partial charge is 0.369 e. The van der Waals surface area contributed by atoms with Gasteiger partial charge in [0.2, 0.25) is 5.95 Å². The topological polar surface area (TPSA) is 89.6 Å². The van der Waals surface area contributed by atoms with Crippen molar-refractivity contribution in [3.05, 3.63) is 38.0 Å². The van der Waals surface area contributed by atoms with E-state index in [0.29, 0.717) is 11.2 Å². The van der Waals surface area contributed by atoms with E-state index < -0.39 is 0 Å². The lowest BCUT2D eigenvalue weighted by molar-refractivity contribution is 0.858. The molecule has 0 bridgehead atoms. The lowest BCUT2D eigenvalue weighted by Gasteiger charge is -1.99. The summed E-state index contributed by atoms with van der Waals surface area (Å²) < 4.78 is 2.46. The summed E-state index contributed by atoms with van der Waals surface area (Å²) in [7, 11) is 1.56. The number of anilines is 1. The summed E-state index contributed by atoms with van der Waals surface area (Å²) in [6, 6.07) is 4.03. The summed E-state index contributed by atoms with van der Waals surface area (Å²) in [6.45, 7) is 0. The third-order valence-corrected chi connectivity index (χ3v) is 3.67. The first kappa shape index (κ1) is 12.8. The number of H-pyrrole nitrogens is 1. The molecule has 3 aromatic rings. The average Bonchev–Trinajstić information content (AvgIpc) is 2.98. The summed E-state index contributed by atoms with van der Waals surface area (Å²) in [5.41, 5.74) is 5.97. The van der Waals surface area contributed by atoms with Crippen molar-refractivity contribution >= 4 is 44.4 Å². The first-order valence-electron chi connectivity index (χ1n) is 4.94. The molecule has 0 radical (unpaired) electrons. The molecule has 8 heteroatoms. The Balaban J connectivity index is 0.000000169. The van der Waals surface area contributed by atoms with Gasteiger partial charge in [-0.2, -0.15) is 4.98 Å². The number of hydrogen-bond acceptors (Lipinski definition) is 5. The zero-order valence-corrected chi connectivity index (χ0v) is 11.8. The average molecular weight is 328 g/mol. The van der Waals surface area contributed by atoms with Crippen LogP contribution in [0.25, 0.3) is 11.2 Å². The van der Waals surface area contributed by atoms with Gasteiger partial charge in [0, 0.05) is 7.05 Å². The quantitative estimate of drug-likeness (QED) is 0.658. The summed E-state index contributed by atoms with van der Waals surface area (Å²) in [5.74, 6) is 0.166. The van der Waals surface area contributed by atoms with Gasteiger partial charge >= 0.3 is 0 Å². The number of imidazole rings is 1. The van der Waals surface area contributed by atoms with E-state index in [0.717, 1.165) is 0 Å². The second-order valence-electron chi connectivity index (χ2n) is 3.35. The summed E-state index contributed by atoms with van der Waals surface area (Å²) in [6.07, 6.45) is 1.42. The number of hydrogen-bond donors (Lipinski definition) is 2. The van der Waals surface area contributed by atoms with Gasteiger partial charge in [0.15, 0.2) is 11.2 Å². The molecule has 94 valence electrons. The highest BCUT2D eigenvalue weighted by molar-refractivity contribution is 9.11. The minimum absolute atomic E-state index is 0.166. The van der Waals surface area contributed by atoms with E-state index in [2.05, 4.69) is 30.9 Å². The maximum atomic E-state index is 11.4. The van der Waals surface area contributed by atoms with Crippen molar-refractivity contribution < 1.29 is 0 Å². The fraction of sp³-hybridized carbons (Fsp3) is 0.100. The fourth-order valence-electron chi connectivity index (χ4n) is 1.24. The van der Waals surface area contributed by atoms with Crippen LogP contribution in [0.3, 0.4) is 0 Å². The molecular weight excluding hydrogens is 318 g/mol. The first-order chi connectivity index (χ1) is 8.59. The minimum atomic E-state index is -0.213. The van der Waals surface area contributed by atoms with Crippen molar-refractivity contribution in [1.82, 2.24) is 19.5 Å². The van der Waals surface area contributed by atoms with Crippen LogP contribution in [0.15, 0.2) is 32.4 Å². The highest BCUT2D eigenvalue weighted by Crippen LogP contribution is 2.14. The molecule has 3 N–H and O–H groups in total. The number of nitrogens with zero attached hydrogens (tertiary/aromatic N) is 3. The van der Waals surface area contributed by atoms with Gasteiger partial charge in [0.25, 0.3) is 5.56 Å². The monoisotopic (exact) mass is 327 g/mol. The van der Waals surface area contributed by atoms with Gasteiger partial charge in [-0.1, -0.05) is 6.07 Å². The van der Waals surface area contributed by atoms with Crippen LogP contribution in [0.2, 0.25) is 0 Å². The molecule has 0 aromatic carbocycles. The van der Waals surface area contributed by atoms with Crippen LogP contribution in [0.1, 0.15) is 0 Å². The van der Waals surface area contributed by atoms with Crippen LogP contribution in [0.4, 0.5) is 5.95 Å². The van der Waals surface area contributed by atoms with Crippen LogP contribution >= 0.6 is 27.3 Å². The molecule has 0 saturated heterocycles. The van der Waals surface area contributed by atoms with Crippen molar-refractivity contribution in [1.29, 1.82) is 0 Å². The van der Waals surface area contributed by atoms with E-state index in [-0.39, 0.29) is 11.5 Å². The van der Waals surface area contributed by atoms with Crippen molar-refractivity contribution in [3.8, 4) is 0 Å². The Morgan fingerprint density at radius 1 is 1.56 bits per heavy atom. The van der Waals surface area contributed by atoms with Crippen LogP contribution in [-0.2, 0) is 7.05 Å². The van der Waals surface area contributed by atoms with E-state index >= 15 is 0 Å². The van der Waals surface area contributed by atoms with Crippen molar-refractivity contribution in [2.45, 2.75) is 0 Å². The number of aromatic nitrogens is 4. The van der Waals surface area contributed by atoms with Crippen LogP contribution < -0.4 is 11.3 Å². The molecule has 0 aliphatic carbocycles. The molecule has 18 heavy (non-hydrogen) atoms. The molecule has 0 fully saturated rings. The SMILES string of the molecule is Brc1cccs1.Cn1c(N)nc2nc[nH]c2c1=O. The molecule has 3 aromatic heterocycles. The van der Waals surface area contributed by atoms with E-state index in [1.165, 1.54) is 14.7 Å². The van der Waals surface area contributed by atoms with E-state index in [4.69, 9.17) is 5.73 Å². The normalized spacial score (nSPS) is 10.1. The molecular formula is C10H10BrN5OS. The minimum Gasteiger partial charge on any atom is -0.369 e. The molecule has 3 heterocycles. The van der Waals surface area contributed by atoms with E-state index in [9.17, 15) is 4.79 Å². The van der Waals surface area contributed by atoms with Crippen molar-refractivity contribution in [2.75, 3.05) is 5.73 Å². The molecule has 3 rings (SSSR count). The number of nitrogens with one attached hydrogen (secondary N) is 1. The molecule has 0 saturated carbocycles. The van der Waals surface area contributed by atoms with Gasteiger partial charge in [0.1, 0.15) is 0 Å². The molecule has 0 atom stereocenters. The molecule has 0 spiro atoms. The third kappa shape index (κ3) is 2.59. The fourth-order valence-corrected chi connectivity index (χ4v) is 2.16. The Morgan fingerprint density at radius 2 is 2.33 bits per heavy atom. The highest BCUT2D eigenvalue weighted by Gasteiger charge is 2.06. The predicted molar refractivity (Wildman–Crippen MR) is 75.6 cm³/mol. The van der Waals surface area contributed by atoms with Gasteiger partial charge in [-0.3, -0.25) is 9.36 Å². The second kappa shape index (κ2) is 5.32. The van der Waals surface area contributed by atoms with Crippen molar-refractivity contribution in [2.24, 2.45) is 7.05 Å². The first-order valence-corrected chi connectivity index (χ1v) is 6.61. The maximum absolute atomic E-state index is 11.4. The number of thiophene rings is 1. The Bertz CT molecular complexity index is 703. The smallest absolute Gasteiger partial charge is 0.280 e. The lowest BCUT2D eigenvalue weighted by Crippen LogP contribution is -2.21. The van der Waals surface area contributed by atoms with Gasteiger partial charge in [-0.05, 0) is 27.4 Å². The van der Waals surface area contributed by atoms with Crippen LogP contribution in [-0.4, -0.2) is 19.5 Å². The predicted octanol–water partition coefficient (Wildman–Crippen LogP) is 1.75. The Labute approximate surface area is 115 Å². The van der Waals surface area contributed by atoms with Gasteiger partial charge in [-0.15, -0.1) is 11.3 Å². The van der Waals surface area contributed by atoms with E-state index in [1.807, 2.05) is 17.5 Å². The second-order valence-corrected chi connectivity index (χ2v) is 5.68. The summed E-state index contributed by atoms with van der Waals surface area (Å²) in [5, 5.41) is 2.03. The molecule has 0 aliphatic heterocycles. The van der Waals surface area contributed by atoms with Crippen LogP contribution in [0, 0.1) is 0 Å². The number of fused-ring (bicyclic) bond motifs is 1. The van der Waals surface area contributed by atoms with Gasteiger partial charge < -0.3 is 10.7 Å². The number of rotatable bonds is 0. The lowest BCUT2D eigenvalue weighted by atomic mass is 10.5. The zero-order chi connectivity index (χ0) is 13.1. The molecule has 6 nitrogen and oxygen atoms in total. The summed E-state index contributed by atoms with van der Waals surface area (Å²) in [4.78, 5) is 21.8. The number of halogens is 1. The van der Waals surface area contributed by atoms with E-state index in [1.54, 1.807) is 18.4 Å². The number of nitrogen functional groups attached to an aromatic ring is 1. The third-order valence-electron chi connectivity index (χ3n) is 2.19. The zero-order valence-electron chi connectivity index (χ0n) is 9.42. The van der Waals surface area contributed by atoms with Crippen LogP contribution in [0.5, 0.6) is 0 Å². The maximum Gasteiger partial charge on any atom is 0.280 e. The Kier molecular flexibility index (Phi) is 3.78. The van der Waals surface area contributed by atoms with Gasteiger partial charge in [0.05, 0.1) is 10.1 Å². The molecule has 0 aliphatic rings. The Hall–Kier alpha value is -1.67. The standard InChI is InChI=1S/C6H7N5O.C4H3BrS/c1-11-5(12)3-4(9-2-8-3)10-6(11)7;5-4-2-1-3-6-4/h2H,1H3,(H2,7,10)(H,8,9);1-3H. The molecule has 0 unspecified atom stereocenters. The molecule has 0 amide bonds. The highest BCUT2D eigenvalue weighted by atomic mass is 79.9.